The molecular weight excluding hydrogens is 182 g/mol. The van der Waals surface area contributed by atoms with Crippen molar-refractivity contribution in [2.75, 3.05) is 13.1 Å². The fraction of sp³-hybridized carbons (Fsp3) is 0.800. The average Bonchev–Trinajstić information content (AvgIpc) is 2.66. The van der Waals surface area contributed by atoms with Crippen LogP contribution in [0, 0.1) is 0 Å². The van der Waals surface area contributed by atoms with E-state index in [9.17, 15) is 9.59 Å². The average molecular weight is 199 g/mol. The number of hydroxylamine groups is 2. The van der Waals surface area contributed by atoms with Crippen LogP contribution in [0.5, 0.6) is 0 Å². The lowest BCUT2D eigenvalue weighted by atomic mass is 10.2. The highest BCUT2D eigenvalue weighted by Crippen LogP contribution is 2.14. The van der Waals surface area contributed by atoms with Crippen LogP contribution in [0.3, 0.4) is 0 Å². The molecule has 0 aromatic rings. The Bertz CT molecular complexity index is 206. The monoisotopic (exact) mass is 199 g/mol. The lowest BCUT2D eigenvalue weighted by Crippen LogP contribution is -2.25. The van der Waals surface area contributed by atoms with Crippen LogP contribution in [0.25, 0.3) is 0 Å². The number of carbonyl (C=O) groups excluding carboxylic acids is 2. The van der Waals surface area contributed by atoms with Crippen LogP contribution in [0.4, 0.5) is 0 Å². The molecule has 0 amide bonds. The van der Waals surface area contributed by atoms with Gasteiger partial charge < -0.3 is 0 Å². The molecule has 1 rings (SSSR count). The Labute approximate surface area is 84.2 Å². The third-order valence-electron chi connectivity index (χ3n) is 2.36. The number of carbonyl (C=O) groups is 2. The van der Waals surface area contributed by atoms with Gasteiger partial charge in [0.15, 0.2) is 6.29 Å². The van der Waals surface area contributed by atoms with E-state index in [0.717, 1.165) is 19.5 Å². The lowest BCUT2D eigenvalue weighted by molar-refractivity contribution is -0.164. The van der Waals surface area contributed by atoms with Crippen molar-refractivity contribution in [2.24, 2.45) is 0 Å². The van der Waals surface area contributed by atoms with E-state index in [1.807, 2.05) is 0 Å². The highest BCUT2D eigenvalue weighted by atomic mass is 16.7. The van der Waals surface area contributed by atoms with Crippen LogP contribution < -0.4 is 0 Å². The highest BCUT2D eigenvalue weighted by Gasteiger charge is 2.28. The summed E-state index contributed by atoms with van der Waals surface area (Å²) in [5.41, 5.74) is 0. The molecule has 1 fully saturated rings. The molecule has 0 saturated carbocycles. The van der Waals surface area contributed by atoms with E-state index in [2.05, 4.69) is 6.92 Å². The summed E-state index contributed by atoms with van der Waals surface area (Å²) in [7, 11) is 0. The first kappa shape index (κ1) is 11.3. The van der Waals surface area contributed by atoms with Gasteiger partial charge in [0.2, 0.25) is 5.78 Å². The van der Waals surface area contributed by atoms with Gasteiger partial charge in [-0.25, -0.2) is 0 Å². The van der Waals surface area contributed by atoms with E-state index in [-0.39, 0.29) is 0 Å². The quantitative estimate of drug-likeness (QED) is 0.363. The second-order valence-electron chi connectivity index (χ2n) is 3.54. The molecule has 1 atom stereocenters. The van der Waals surface area contributed by atoms with Crippen molar-refractivity contribution in [2.45, 2.75) is 38.7 Å². The first-order chi connectivity index (χ1) is 6.77. The zero-order valence-electron chi connectivity index (χ0n) is 8.57. The third-order valence-corrected chi connectivity index (χ3v) is 2.36. The summed E-state index contributed by atoms with van der Waals surface area (Å²) in [5, 5.41) is 1.79. The summed E-state index contributed by atoms with van der Waals surface area (Å²) in [4.78, 5) is 26.5. The number of nitrogens with zero attached hydrogens (tertiary/aromatic N) is 1. The number of hydrogen-bond donors (Lipinski definition) is 0. The molecular formula is C10H17NO3. The second-order valence-corrected chi connectivity index (χ2v) is 3.54. The van der Waals surface area contributed by atoms with E-state index in [0.29, 0.717) is 12.7 Å². The molecule has 0 aromatic heterocycles. The zero-order chi connectivity index (χ0) is 10.4. The van der Waals surface area contributed by atoms with Gasteiger partial charge in [0, 0.05) is 13.1 Å². The zero-order valence-corrected chi connectivity index (χ0v) is 8.57. The number of aldehydes is 1. The minimum absolute atomic E-state index is 0.347. The fourth-order valence-corrected chi connectivity index (χ4v) is 1.52. The Hall–Kier alpha value is -0.740. The summed E-state index contributed by atoms with van der Waals surface area (Å²) in [6.07, 6.45) is 3.90. The van der Waals surface area contributed by atoms with E-state index < -0.39 is 11.9 Å². The molecule has 14 heavy (non-hydrogen) atoms. The first-order valence-corrected chi connectivity index (χ1v) is 5.18. The number of Topliss-reactive ketones (excluding diaryl/α,β-unsaturated/α-hetero) is 1. The molecule has 1 aliphatic heterocycles. The summed E-state index contributed by atoms with van der Waals surface area (Å²) >= 11 is 0. The largest absolute Gasteiger partial charge is 0.294 e. The van der Waals surface area contributed by atoms with E-state index in [1.165, 1.54) is 12.8 Å². The van der Waals surface area contributed by atoms with Crippen molar-refractivity contribution in [3.8, 4) is 0 Å². The van der Waals surface area contributed by atoms with Crippen molar-refractivity contribution < 1.29 is 14.4 Å². The van der Waals surface area contributed by atoms with Crippen LogP contribution in [-0.2, 0) is 14.4 Å². The number of rotatable bonds is 6. The smallest absolute Gasteiger partial charge is 0.225 e. The summed E-state index contributed by atoms with van der Waals surface area (Å²) in [5.74, 6) is -0.442. The predicted octanol–water partition coefficient (Wildman–Crippen LogP) is 0.950. The number of hydrogen-bond acceptors (Lipinski definition) is 4. The molecule has 1 heterocycles. The molecule has 0 aliphatic carbocycles. The van der Waals surface area contributed by atoms with Gasteiger partial charge in [-0.3, -0.25) is 14.4 Å². The number of ketones is 1. The SMILES string of the molecule is CCCCCN1CCC(C(=O)C=O)O1. The Morgan fingerprint density at radius 3 is 3.00 bits per heavy atom. The van der Waals surface area contributed by atoms with Crippen LogP contribution in [0.1, 0.15) is 32.6 Å². The maximum Gasteiger partial charge on any atom is 0.225 e. The molecule has 0 spiro atoms. The van der Waals surface area contributed by atoms with Crippen molar-refractivity contribution in [1.82, 2.24) is 5.06 Å². The maximum absolute atomic E-state index is 11.0. The van der Waals surface area contributed by atoms with Crippen molar-refractivity contribution >= 4 is 12.1 Å². The van der Waals surface area contributed by atoms with Crippen molar-refractivity contribution in [3.63, 3.8) is 0 Å². The lowest BCUT2D eigenvalue weighted by Gasteiger charge is -2.14. The predicted molar refractivity (Wildman–Crippen MR) is 51.7 cm³/mol. The molecule has 1 aliphatic rings. The molecule has 1 saturated heterocycles. The van der Waals surface area contributed by atoms with Gasteiger partial charge in [0.05, 0.1) is 0 Å². The van der Waals surface area contributed by atoms with Crippen molar-refractivity contribution in [1.29, 1.82) is 0 Å². The number of unbranched alkanes of at least 4 members (excludes halogenated alkanes) is 2. The minimum atomic E-state index is -0.519. The fourth-order valence-electron chi connectivity index (χ4n) is 1.52. The molecule has 1 unspecified atom stereocenters. The molecule has 4 nitrogen and oxygen atoms in total. The van der Waals surface area contributed by atoms with E-state index in [4.69, 9.17) is 4.84 Å². The molecule has 0 N–H and O–H groups in total. The standard InChI is InChI=1S/C10H17NO3/c1-2-3-4-6-11-7-5-10(14-11)9(13)8-12/h8,10H,2-7H2,1H3. The summed E-state index contributed by atoms with van der Waals surface area (Å²) < 4.78 is 0. The third kappa shape index (κ3) is 3.20. The molecule has 4 heteroatoms. The molecule has 0 radical (unpaired) electrons. The normalized spacial score (nSPS) is 22.5. The van der Waals surface area contributed by atoms with E-state index in [1.54, 1.807) is 5.06 Å². The van der Waals surface area contributed by atoms with Gasteiger partial charge >= 0.3 is 0 Å². The van der Waals surface area contributed by atoms with Gasteiger partial charge in [-0.2, -0.15) is 5.06 Å². The Balaban J connectivity index is 2.20. The topological polar surface area (TPSA) is 46.6 Å². The Morgan fingerprint density at radius 1 is 1.57 bits per heavy atom. The van der Waals surface area contributed by atoms with Crippen molar-refractivity contribution in [3.05, 3.63) is 0 Å². The maximum atomic E-state index is 11.0. The molecule has 0 aromatic carbocycles. The highest BCUT2D eigenvalue weighted by molar-refractivity contribution is 6.27. The van der Waals surface area contributed by atoms with Gasteiger partial charge in [-0.15, -0.1) is 0 Å². The molecule has 0 bridgehead atoms. The van der Waals surface area contributed by atoms with Gasteiger partial charge in [-0.05, 0) is 12.8 Å². The van der Waals surface area contributed by atoms with Gasteiger partial charge in [-0.1, -0.05) is 19.8 Å². The molecule has 80 valence electrons. The first-order valence-electron chi connectivity index (χ1n) is 5.18. The van der Waals surface area contributed by atoms with Crippen LogP contribution in [0.15, 0.2) is 0 Å². The van der Waals surface area contributed by atoms with E-state index >= 15 is 0 Å². The Kier molecular flexibility index (Phi) is 4.76. The minimum Gasteiger partial charge on any atom is -0.294 e. The van der Waals surface area contributed by atoms with Gasteiger partial charge in [0.1, 0.15) is 6.10 Å². The summed E-state index contributed by atoms with van der Waals surface area (Å²) in [6, 6.07) is 0. The van der Waals surface area contributed by atoms with Crippen LogP contribution in [0.2, 0.25) is 0 Å². The van der Waals surface area contributed by atoms with Crippen LogP contribution in [-0.4, -0.2) is 36.3 Å². The summed E-state index contributed by atoms with van der Waals surface area (Å²) in [6.45, 7) is 3.76. The van der Waals surface area contributed by atoms with Gasteiger partial charge in [0.25, 0.3) is 0 Å². The second kappa shape index (κ2) is 5.88. The van der Waals surface area contributed by atoms with Crippen LogP contribution >= 0.6 is 0 Å². The Morgan fingerprint density at radius 2 is 2.36 bits per heavy atom.